The molecule has 0 radical (unpaired) electrons. The Morgan fingerprint density at radius 1 is 0.190 bits per heavy atom. The molecular weight excluding hydrogens is 864 g/mol. The molecule has 0 saturated heterocycles. The van der Waals surface area contributed by atoms with E-state index in [-0.39, 0.29) is 112 Å². The van der Waals surface area contributed by atoms with Crippen LogP contribution >= 0.6 is 0 Å². The van der Waals surface area contributed by atoms with Crippen molar-refractivity contribution in [2.75, 3.05) is 159 Å². The molecule has 0 heterocycles. The number of ether oxygens (including phenoxy) is 9. The van der Waals surface area contributed by atoms with E-state index in [4.69, 9.17) is 114 Å². The highest BCUT2D eigenvalue weighted by molar-refractivity contribution is 4.63. The molecule has 63 heavy (non-hydrogen) atoms. The zero-order valence-corrected chi connectivity index (χ0v) is 35.6. The number of hydrogen-bond acceptors (Lipinski definition) is 27. The van der Waals surface area contributed by atoms with Crippen molar-refractivity contribution in [3.05, 3.63) is 0 Å². The van der Waals surface area contributed by atoms with Gasteiger partial charge in [-0.2, -0.15) is 0 Å². The van der Waals surface area contributed by atoms with Crippen LogP contribution in [0, 0.1) is 0 Å². The molecule has 11 atom stereocenters. The monoisotopic (exact) mass is 942 g/mol. The van der Waals surface area contributed by atoms with E-state index in [0.29, 0.717) is 0 Å². The third-order valence-corrected chi connectivity index (χ3v) is 7.05. The lowest BCUT2D eigenvalue weighted by Gasteiger charge is -2.20. The van der Waals surface area contributed by atoms with Gasteiger partial charge in [0, 0.05) is 0 Å². The zero-order chi connectivity index (χ0) is 48.3. The zero-order valence-electron chi connectivity index (χ0n) is 35.6. The molecule has 0 aliphatic rings. The molecular formula is C36H78O27. The summed E-state index contributed by atoms with van der Waals surface area (Å²) in [5.41, 5.74) is 0. The molecule has 0 fully saturated rings. The minimum Gasteiger partial charge on any atom is -0.394 e. The van der Waals surface area contributed by atoms with Crippen molar-refractivity contribution in [2.45, 2.75) is 73.2 Å². The van der Waals surface area contributed by atoms with Gasteiger partial charge in [0.05, 0.1) is 159 Å². The highest BCUT2D eigenvalue weighted by atomic mass is 16.6. The Morgan fingerprint density at radius 2 is 0.365 bits per heavy atom. The van der Waals surface area contributed by atoms with Crippen LogP contribution < -0.4 is 0 Å². The smallest absolute Gasteiger partial charge is 0.104 e. The van der Waals surface area contributed by atoms with Crippen molar-refractivity contribution in [1.82, 2.24) is 0 Å². The first-order valence-electron chi connectivity index (χ1n) is 20.0. The Hall–Kier alpha value is -1.08. The van der Waals surface area contributed by atoms with Crippen molar-refractivity contribution >= 4 is 0 Å². The van der Waals surface area contributed by atoms with Crippen LogP contribution in [-0.2, 0) is 42.6 Å². The molecule has 27 nitrogen and oxygen atoms in total. The molecule has 0 spiro atoms. The average molecular weight is 943 g/mol. The molecule has 0 aliphatic carbocycles. The largest absolute Gasteiger partial charge is 0.394 e. The fraction of sp³-hybridized carbons (Fsp3) is 1.00. The van der Waals surface area contributed by atoms with Crippen molar-refractivity contribution in [1.29, 1.82) is 0 Å². The van der Waals surface area contributed by atoms with E-state index >= 15 is 0 Å². The lowest BCUT2D eigenvalue weighted by molar-refractivity contribution is -0.105. The molecule has 11 unspecified atom stereocenters. The van der Waals surface area contributed by atoms with Crippen molar-refractivity contribution < 1.29 is 135 Å². The van der Waals surface area contributed by atoms with Crippen LogP contribution in [0.2, 0.25) is 0 Å². The summed E-state index contributed by atoms with van der Waals surface area (Å²) in [4.78, 5) is 0. The molecule has 0 amide bonds. The summed E-state index contributed by atoms with van der Waals surface area (Å²) in [5.74, 6) is 0. The van der Waals surface area contributed by atoms with Gasteiger partial charge in [-0.1, -0.05) is 0 Å². The number of rotatable bonds is 42. The summed E-state index contributed by atoms with van der Waals surface area (Å²) in [5, 5.41) is 161. The fourth-order valence-corrected chi connectivity index (χ4v) is 3.67. The molecule has 0 bridgehead atoms. The summed E-state index contributed by atoms with van der Waals surface area (Å²) in [6.45, 7) is -4.28. The third kappa shape index (κ3) is 47.2. The quantitative estimate of drug-likeness (QED) is 0.0270. The van der Waals surface area contributed by atoms with Gasteiger partial charge in [-0.05, 0) is 0 Å². The maximum absolute atomic E-state index is 9.51. The van der Waals surface area contributed by atoms with Crippen LogP contribution in [0.25, 0.3) is 0 Å². The first kappa shape index (κ1) is 66.2. The number of aliphatic hydroxyl groups is 18. The van der Waals surface area contributed by atoms with E-state index in [1.54, 1.807) is 0 Å². The van der Waals surface area contributed by atoms with E-state index in [9.17, 15) is 20.4 Å². The molecule has 0 aromatic rings. The predicted molar refractivity (Wildman–Crippen MR) is 212 cm³/mol. The molecule has 384 valence electrons. The van der Waals surface area contributed by atoms with E-state index in [1.807, 2.05) is 0 Å². The fourth-order valence-electron chi connectivity index (χ4n) is 3.67. The normalized spacial score (nSPS) is 17.4. The van der Waals surface area contributed by atoms with Crippen molar-refractivity contribution in [2.24, 2.45) is 0 Å². The first-order valence-corrected chi connectivity index (χ1v) is 20.0. The SMILES string of the molecule is OCC(O)COCC(COCC(O)CO)OCC(O)CO.OCC(O)COCC(O)COCC(CO)OCC(O)CO.OCC(O)COCC(O)COCC(O)COCC(O)CO. The standard InChI is InChI=1S/3C12H26O9/c13-1-9(16)4-19-5-11(18)6-20-8-12(3-15)21-7-10(17)2-14;13-1-9(16)4-19-7-12(21-6-11(18)3-15)8-20-5-10(17)2-14;13-1-9(15)3-19-5-11(17)7-21-8-12(18)6-20-4-10(16)2-14/h3*9-18H,1-8H2. The summed E-state index contributed by atoms with van der Waals surface area (Å²) < 4.78 is 45.6. The minimum absolute atomic E-state index is 0.00493. The Kier molecular flexibility index (Phi) is 49.8. The van der Waals surface area contributed by atoms with Gasteiger partial charge < -0.3 is 135 Å². The molecule has 0 aromatic heterocycles. The summed E-state index contributed by atoms with van der Waals surface area (Å²) >= 11 is 0. The molecule has 18 N–H and O–H groups in total. The van der Waals surface area contributed by atoms with Gasteiger partial charge in [-0.25, -0.2) is 0 Å². The van der Waals surface area contributed by atoms with Crippen LogP contribution in [-0.4, -0.2) is 324 Å². The summed E-state index contributed by atoms with van der Waals surface area (Å²) in [6, 6.07) is 0. The Morgan fingerprint density at radius 3 is 0.587 bits per heavy atom. The molecule has 27 heteroatoms. The lowest BCUT2D eigenvalue weighted by atomic mass is 10.3. The van der Waals surface area contributed by atoms with Crippen LogP contribution in [0.1, 0.15) is 0 Å². The number of hydrogen-bond donors (Lipinski definition) is 18. The Bertz CT molecular complexity index is 867. The van der Waals surface area contributed by atoms with Crippen molar-refractivity contribution in [3.8, 4) is 0 Å². The Balaban J connectivity index is -0.000000857. The molecule has 0 aromatic carbocycles. The maximum atomic E-state index is 9.51. The van der Waals surface area contributed by atoms with Gasteiger partial charge >= 0.3 is 0 Å². The van der Waals surface area contributed by atoms with Crippen LogP contribution in [0.15, 0.2) is 0 Å². The third-order valence-electron chi connectivity index (χ3n) is 7.05. The van der Waals surface area contributed by atoms with E-state index < -0.39 is 119 Å². The van der Waals surface area contributed by atoms with E-state index in [1.165, 1.54) is 0 Å². The first-order chi connectivity index (χ1) is 30.0. The topological polar surface area (TPSA) is 447 Å². The second-order valence-corrected chi connectivity index (χ2v) is 13.7. The van der Waals surface area contributed by atoms with Crippen LogP contribution in [0.4, 0.5) is 0 Å². The average Bonchev–Trinajstić information content (AvgIpc) is 3.28. The van der Waals surface area contributed by atoms with E-state index in [2.05, 4.69) is 0 Å². The van der Waals surface area contributed by atoms with Gasteiger partial charge in [-0.3, -0.25) is 0 Å². The van der Waals surface area contributed by atoms with Gasteiger partial charge in [0.15, 0.2) is 0 Å². The molecule has 0 aliphatic heterocycles. The predicted octanol–water partition coefficient (Wildman–Crippen LogP) is -10.6. The highest BCUT2D eigenvalue weighted by Crippen LogP contribution is 2.01. The minimum atomic E-state index is -1.03. The van der Waals surface area contributed by atoms with E-state index in [0.717, 1.165) is 0 Å². The van der Waals surface area contributed by atoms with Gasteiger partial charge in [0.2, 0.25) is 0 Å². The van der Waals surface area contributed by atoms with Crippen LogP contribution in [0.3, 0.4) is 0 Å². The van der Waals surface area contributed by atoms with Crippen molar-refractivity contribution in [3.63, 3.8) is 0 Å². The van der Waals surface area contributed by atoms with Crippen LogP contribution in [0.5, 0.6) is 0 Å². The van der Waals surface area contributed by atoms with Gasteiger partial charge in [0.1, 0.15) is 73.2 Å². The molecule has 0 saturated carbocycles. The highest BCUT2D eigenvalue weighted by Gasteiger charge is 2.16. The Labute approximate surface area is 366 Å². The number of aliphatic hydroxyl groups excluding tert-OH is 18. The maximum Gasteiger partial charge on any atom is 0.104 e. The summed E-state index contributed by atoms with van der Waals surface area (Å²) in [7, 11) is 0. The second kappa shape index (κ2) is 47.4. The van der Waals surface area contributed by atoms with Gasteiger partial charge in [-0.15, -0.1) is 0 Å². The second-order valence-electron chi connectivity index (χ2n) is 13.7. The lowest BCUT2D eigenvalue weighted by Crippen LogP contribution is -2.33. The van der Waals surface area contributed by atoms with Gasteiger partial charge in [0.25, 0.3) is 0 Å². The summed E-state index contributed by atoms with van der Waals surface area (Å²) in [6.07, 6.45) is -11.0. The molecule has 0 rings (SSSR count).